The maximum absolute atomic E-state index is 9.37. The smallest absolute Gasteiger partial charge is 0.160 e. The number of hydrogen-bond donors (Lipinski definition) is 1. The van der Waals surface area contributed by atoms with Gasteiger partial charge in [0, 0.05) is 11.8 Å². The van der Waals surface area contributed by atoms with Crippen molar-refractivity contribution >= 4 is 0 Å². The van der Waals surface area contributed by atoms with Gasteiger partial charge in [-0.25, -0.2) is 9.97 Å². The van der Waals surface area contributed by atoms with Crippen LogP contribution in [0.5, 0.6) is 0 Å². The highest BCUT2D eigenvalue weighted by molar-refractivity contribution is 5.61. The molecule has 0 unspecified atom stereocenters. The highest BCUT2D eigenvalue weighted by Gasteiger charge is 2.08. The first-order valence-corrected chi connectivity index (χ1v) is 6.32. The van der Waals surface area contributed by atoms with E-state index in [4.69, 9.17) is 0 Å². The normalized spacial score (nSPS) is 10.4. The Morgan fingerprint density at radius 1 is 0.850 bits per heavy atom. The molecule has 4 heteroatoms. The van der Waals surface area contributed by atoms with Crippen molar-refractivity contribution in [2.24, 2.45) is 0 Å². The fraction of sp³-hybridized carbons (Fsp3) is 0.0625. The molecule has 3 aromatic rings. The highest BCUT2D eigenvalue weighted by Crippen LogP contribution is 2.20. The minimum atomic E-state index is -0.123. The molecule has 0 aliphatic carbocycles. The Bertz CT molecular complexity index is 642. The summed E-state index contributed by atoms with van der Waals surface area (Å²) in [4.78, 5) is 13.2. The maximum atomic E-state index is 9.37. The second-order valence-electron chi connectivity index (χ2n) is 4.31. The summed E-state index contributed by atoms with van der Waals surface area (Å²) >= 11 is 0. The van der Waals surface area contributed by atoms with E-state index in [9.17, 15) is 5.11 Å². The van der Waals surface area contributed by atoms with Crippen LogP contribution in [0.2, 0.25) is 0 Å². The SMILES string of the molecule is OCc1cc(-c2ccccn2)nc(-c2ccccc2)n1. The quantitative estimate of drug-likeness (QED) is 0.789. The first-order valence-electron chi connectivity index (χ1n) is 6.32. The van der Waals surface area contributed by atoms with Gasteiger partial charge in [0.15, 0.2) is 5.82 Å². The summed E-state index contributed by atoms with van der Waals surface area (Å²) in [6, 6.07) is 17.1. The van der Waals surface area contributed by atoms with Crippen LogP contribution in [0.3, 0.4) is 0 Å². The van der Waals surface area contributed by atoms with E-state index in [1.807, 2.05) is 48.5 Å². The molecule has 0 atom stereocenters. The summed E-state index contributed by atoms with van der Waals surface area (Å²) in [5.74, 6) is 0.595. The zero-order valence-electron chi connectivity index (χ0n) is 10.8. The van der Waals surface area contributed by atoms with Gasteiger partial charge in [0.2, 0.25) is 0 Å². The molecule has 0 amide bonds. The molecule has 98 valence electrons. The van der Waals surface area contributed by atoms with Crippen LogP contribution in [0.15, 0.2) is 60.8 Å². The van der Waals surface area contributed by atoms with Gasteiger partial charge < -0.3 is 5.11 Å². The fourth-order valence-corrected chi connectivity index (χ4v) is 1.94. The molecule has 0 saturated heterocycles. The van der Waals surface area contributed by atoms with E-state index >= 15 is 0 Å². The number of aliphatic hydroxyl groups is 1. The molecule has 1 N–H and O–H groups in total. The van der Waals surface area contributed by atoms with Crippen LogP contribution in [0.4, 0.5) is 0 Å². The number of benzene rings is 1. The lowest BCUT2D eigenvalue weighted by atomic mass is 10.2. The van der Waals surface area contributed by atoms with E-state index < -0.39 is 0 Å². The Balaban J connectivity index is 2.13. The Labute approximate surface area is 116 Å². The molecule has 0 fully saturated rings. The van der Waals surface area contributed by atoms with Crippen LogP contribution in [-0.4, -0.2) is 20.1 Å². The number of rotatable bonds is 3. The van der Waals surface area contributed by atoms with Crippen LogP contribution < -0.4 is 0 Å². The van der Waals surface area contributed by atoms with E-state index in [2.05, 4.69) is 15.0 Å². The molecule has 20 heavy (non-hydrogen) atoms. The molecule has 0 saturated carbocycles. The van der Waals surface area contributed by atoms with Crippen molar-refractivity contribution in [1.82, 2.24) is 15.0 Å². The Hall–Kier alpha value is -2.59. The van der Waals surface area contributed by atoms with Gasteiger partial charge in [-0.3, -0.25) is 4.98 Å². The van der Waals surface area contributed by atoms with Crippen LogP contribution in [0.25, 0.3) is 22.8 Å². The third-order valence-corrected chi connectivity index (χ3v) is 2.90. The number of aromatic nitrogens is 3. The van der Waals surface area contributed by atoms with E-state index in [0.717, 1.165) is 11.3 Å². The van der Waals surface area contributed by atoms with Crippen LogP contribution >= 0.6 is 0 Å². The third-order valence-electron chi connectivity index (χ3n) is 2.90. The average Bonchev–Trinajstić information content (AvgIpc) is 2.56. The van der Waals surface area contributed by atoms with Crippen LogP contribution in [-0.2, 0) is 6.61 Å². The number of aliphatic hydroxyl groups excluding tert-OH is 1. The summed E-state index contributed by atoms with van der Waals surface area (Å²) < 4.78 is 0. The molecular formula is C16H13N3O. The molecule has 0 bridgehead atoms. The summed E-state index contributed by atoms with van der Waals surface area (Å²) in [6.45, 7) is -0.123. The van der Waals surface area contributed by atoms with Gasteiger partial charge in [0.25, 0.3) is 0 Å². The molecule has 1 aromatic carbocycles. The number of pyridine rings is 1. The molecule has 4 nitrogen and oxygen atoms in total. The van der Waals surface area contributed by atoms with Crippen molar-refractivity contribution < 1.29 is 5.11 Å². The topological polar surface area (TPSA) is 58.9 Å². The van der Waals surface area contributed by atoms with Gasteiger partial charge in [0.1, 0.15) is 0 Å². The van der Waals surface area contributed by atoms with Gasteiger partial charge in [0.05, 0.1) is 23.7 Å². The first kappa shape index (κ1) is 12.4. The Morgan fingerprint density at radius 2 is 1.65 bits per heavy atom. The molecular weight excluding hydrogens is 250 g/mol. The summed E-state index contributed by atoms with van der Waals surface area (Å²) in [5, 5.41) is 9.37. The Morgan fingerprint density at radius 3 is 2.35 bits per heavy atom. The van der Waals surface area contributed by atoms with E-state index in [1.54, 1.807) is 12.3 Å². The zero-order chi connectivity index (χ0) is 13.8. The van der Waals surface area contributed by atoms with Crippen LogP contribution in [0.1, 0.15) is 5.69 Å². The summed E-state index contributed by atoms with van der Waals surface area (Å²) in [6.07, 6.45) is 1.72. The lowest BCUT2D eigenvalue weighted by Gasteiger charge is -2.06. The van der Waals surface area contributed by atoms with Gasteiger partial charge in [-0.1, -0.05) is 36.4 Å². The van der Waals surface area contributed by atoms with Crippen molar-refractivity contribution in [1.29, 1.82) is 0 Å². The standard InChI is InChI=1S/C16H13N3O/c20-11-13-10-15(14-8-4-5-9-17-14)19-16(18-13)12-6-2-1-3-7-12/h1-10,20H,11H2. The predicted octanol–water partition coefficient (Wildman–Crippen LogP) is 2.70. The van der Waals surface area contributed by atoms with Crippen LogP contribution in [0, 0.1) is 0 Å². The van der Waals surface area contributed by atoms with Crippen molar-refractivity contribution in [3.8, 4) is 22.8 Å². The lowest BCUT2D eigenvalue weighted by Crippen LogP contribution is -1.98. The largest absolute Gasteiger partial charge is 0.390 e. The number of hydrogen-bond acceptors (Lipinski definition) is 4. The predicted molar refractivity (Wildman–Crippen MR) is 76.6 cm³/mol. The van der Waals surface area contributed by atoms with E-state index in [0.29, 0.717) is 17.2 Å². The highest BCUT2D eigenvalue weighted by atomic mass is 16.3. The van der Waals surface area contributed by atoms with Gasteiger partial charge in [-0.15, -0.1) is 0 Å². The van der Waals surface area contributed by atoms with Crippen molar-refractivity contribution in [3.63, 3.8) is 0 Å². The Kier molecular flexibility index (Phi) is 3.48. The molecule has 0 aliphatic rings. The zero-order valence-corrected chi connectivity index (χ0v) is 10.8. The van der Waals surface area contributed by atoms with Gasteiger partial charge in [-0.2, -0.15) is 0 Å². The first-order chi connectivity index (χ1) is 9.86. The monoisotopic (exact) mass is 263 g/mol. The minimum absolute atomic E-state index is 0.123. The van der Waals surface area contributed by atoms with E-state index in [1.165, 1.54) is 0 Å². The van der Waals surface area contributed by atoms with Crippen molar-refractivity contribution in [3.05, 3.63) is 66.5 Å². The lowest BCUT2D eigenvalue weighted by molar-refractivity contribution is 0.277. The molecule has 0 aliphatic heterocycles. The minimum Gasteiger partial charge on any atom is -0.390 e. The maximum Gasteiger partial charge on any atom is 0.160 e. The molecule has 3 rings (SSSR count). The molecule has 2 heterocycles. The summed E-state index contributed by atoms with van der Waals surface area (Å²) in [5.41, 5.74) is 2.98. The molecule has 2 aromatic heterocycles. The number of nitrogens with zero attached hydrogens (tertiary/aromatic N) is 3. The van der Waals surface area contributed by atoms with Gasteiger partial charge in [-0.05, 0) is 18.2 Å². The third kappa shape index (κ3) is 2.55. The van der Waals surface area contributed by atoms with Crippen molar-refractivity contribution in [2.75, 3.05) is 0 Å². The molecule has 0 radical (unpaired) electrons. The second kappa shape index (κ2) is 5.59. The second-order valence-corrected chi connectivity index (χ2v) is 4.31. The average molecular weight is 263 g/mol. The summed E-state index contributed by atoms with van der Waals surface area (Å²) in [7, 11) is 0. The van der Waals surface area contributed by atoms with Crippen molar-refractivity contribution in [2.45, 2.75) is 6.61 Å². The fourth-order valence-electron chi connectivity index (χ4n) is 1.94. The van der Waals surface area contributed by atoms with Gasteiger partial charge >= 0.3 is 0 Å². The van der Waals surface area contributed by atoms with E-state index in [-0.39, 0.29) is 6.61 Å². The molecule has 0 spiro atoms.